The molecule has 0 saturated carbocycles. The Bertz CT molecular complexity index is 1280. The summed E-state index contributed by atoms with van der Waals surface area (Å²) in [5.74, 6) is 0. The summed E-state index contributed by atoms with van der Waals surface area (Å²) in [5, 5.41) is 8.15. The molecule has 0 heterocycles. The third kappa shape index (κ3) is 3.02. The lowest BCUT2D eigenvalue weighted by molar-refractivity contribution is 1.20. The second-order valence-corrected chi connectivity index (χ2v) is 8.29. The molecule has 0 aromatic heterocycles. The average Bonchev–Trinajstić information content (AvgIpc) is 2.78. The van der Waals surface area contributed by atoms with E-state index in [0.29, 0.717) is 0 Å². The molecule has 6 rings (SSSR count). The van der Waals surface area contributed by atoms with Gasteiger partial charge in [-0.3, -0.25) is 0 Å². The summed E-state index contributed by atoms with van der Waals surface area (Å²) in [4.78, 5) is 0. The van der Waals surface area contributed by atoms with Gasteiger partial charge in [-0.05, 0) is 67.4 Å². The van der Waals surface area contributed by atoms with Crippen LogP contribution in [0, 0.1) is 0 Å². The van der Waals surface area contributed by atoms with Crippen LogP contribution in [0.25, 0.3) is 32.3 Å². The van der Waals surface area contributed by atoms with Crippen molar-refractivity contribution in [2.24, 2.45) is 0 Å². The molecule has 0 bridgehead atoms. The molecule has 0 atom stereocenters. The maximum Gasteiger partial charge on any atom is -0.00253 e. The highest BCUT2D eigenvalue weighted by molar-refractivity contribution is 6.23. The van der Waals surface area contributed by atoms with Crippen LogP contribution in [0.15, 0.2) is 109 Å². The second-order valence-electron chi connectivity index (χ2n) is 8.29. The molecule has 0 saturated heterocycles. The van der Waals surface area contributed by atoms with Crippen LogP contribution >= 0.6 is 0 Å². The van der Waals surface area contributed by atoms with Crippen LogP contribution in [0.2, 0.25) is 0 Å². The van der Waals surface area contributed by atoms with Crippen molar-refractivity contribution in [3.63, 3.8) is 0 Å². The standard InChI is InChI=1S/C30H22/c1-3-7-21(8-4-1)15-23-17-25-11-13-27-19-24(16-22-9-5-2-6-10-22)20-28-14-12-26(18-23)29(25)30(27)28/h1-14,17-20H,15-16H2. The first-order valence-electron chi connectivity index (χ1n) is 10.6. The van der Waals surface area contributed by atoms with Crippen molar-refractivity contribution in [1.82, 2.24) is 0 Å². The topological polar surface area (TPSA) is 0 Å². The Balaban J connectivity index is 1.48. The van der Waals surface area contributed by atoms with E-state index in [1.807, 2.05) is 0 Å². The van der Waals surface area contributed by atoms with E-state index in [9.17, 15) is 0 Å². The SMILES string of the molecule is c1ccc(Cc2cc3ccc4cc(Cc5ccccc5)cc5ccc(c2)c3c45)cc1. The van der Waals surface area contributed by atoms with Crippen LogP contribution in [0.4, 0.5) is 0 Å². The van der Waals surface area contributed by atoms with Gasteiger partial charge in [0.2, 0.25) is 0 Å². The normalized spacial score (nSPS) is 11.6. The number of rotatable bonds is 4. The maximum atomic E-state index is 2.37. The number of benzene rings is 6. The molecule has 6 aromatic rings. The Morgan fingerprint density at radius 2 is 0.667 bits per heavy atom. The summed E-state index contributed by atoms with van der Waals surface area (Å²) in [6, 6.07) is 40.1. The lowest BCUT2D eigenvalue weighted by Gasteiger charge is -2.14. The third-order valence-electron chi connectivity index (χ3n) is 6.16. The second kappa shape index (κ2) is 7.00. The molecule has 0 nitrogen and oxygen atoms in total. The van der Waals surface area contributed by atoms with Crippen molar-refractivity contribution in [2.75, 3.05) is 0 Å². The quantitative estimate of drug-likeness (QED) is 0.273. The van der Waals surface area contributed by atoms with E-state index in [4.69, 9.17) is 0 Å². The predicted molar refractivity (Wildman–Crippen MR) is 129 cm³/mol. The van der Waals surface area contributed by atoms with Crippen molar-refractivity contribution >= 4 is 32.3 Å². The summed E-state index contributed by atoms with van der Waals surface area (Å²) in [7, 11) is 0. The summed E-state index contributed by atoms with van der Waals surface area (Å²) < 4.78 is 0. The zero-order chi connectivity index (χ0) is 19.9. The molecule has 30 heavy (non-hydrogen) atoms. The maximum absolute atomic E-state index is 2.37. The van der Waals surface area contributed by atoms with Gasteiger partial charge in [0.25, 0.3) is 0 Å². The lowest BCUT2D eigenvalue weighted by atomic mass is 9.90. The van der Waals surface area contributed by atoms with Gasteiger partial charge < -0.3 is 0 Å². The van der Waals surface area contributed by atoms with E-state index in [2.05, 4.69) is 109 Å². The molecule has 0 amide bonds. The highest BCUT2D eigenvalue weighted by Gasteiger charge is 2.11. The summed E-state index contributed by atoms with van der Waals surface area (Å²) in [6.07, 6.45) is 1.94. The van der Waals surface area contributed by atoms with Gasteiger partial charge in [0.05, 0.1) is 0 Å². The molecule has 0 aliphatic carbocycles. The number of hydrogen-bond donors (Lipinski definition) is 0. The van der Waals surface area contributed by atoms with Crippen molar-refractivity contribution in [3.05, 3.63) is 131 Å². The highest BCUT2D eigenvalue weighted by Crippen LogP contribution is 2.36. The van der Waals surface area contributed by atoms with Gasteiger partial charge in [-0.15, -0.1) is 0 Å². The lowest BCUT2D eigenvalue weighted by Crippen LogP contribution is -1.92. The molecule has 0 fully saturated rings. The monoisotopic (exact) mass is 382 g/mol. The van der Waals surface area contributed by atoms with Gasteiger partial charge in [0.15, 0.2) is 0 Å². The smallest absolute Gasteiger partial charge is 0.00253 e. The third-order valence-corrected chi connectivity index (χ3v) is 6.16. The fourth-order valence-corrected chi connectivity index (χ4v) is 4.83. The van der Waals surface area contributed by atoms with Crippen LogP contribution in [0.1, 0.15) is 22.3 Å². The fraction of sp³-hybridized carbons (Fsp3) is 0.0667. The average molecular weight is 383 g/mol. The van der Waals surface area contributed by atoms with Gasteiger partial charge in [0, 0.05) is 0 Å². The Morgan fingerprint density at radius 1 is 0.333 bits per heavy atom. The molecule has 0 N–H and O–H groups in total. The largest absolute Gasteiger partial charge is 0.0622 e. The summed E-state index contributed by atoms with van der Waals surface area (Å²) >= 11 is 0. The minimum Gasteiger partial charge on any atom is -0.0622 e. The molecule has 0 heteroatoms. The van der Waals surface area contributed by atoms with Crippen molar-refractivity contribution in [2.45, 2.75) is 12.8 Å². The van der Waals surface area contributed by atoms with Crippen LogP contribution in [-0.4, -0.2) is 0 Å². The van der Waals surface area contributed by atoms with Gasteiger partial charge in [-0.2, -0.15) is 0 Å². The fourth-order valence-electron chi connectivity index (χ4n) is 4.83. The number of hydrogen-bond acceptors (Lipinski definition) is 0. The molecule has 6 aromatic carbocycles. The molecule has 0 aliphatic rings. The minimum absolute atomic E-state index is 0.971. The molecule has 0 radical (unpaired) electrons. The summed E-state index contributed by atoms with van der Waals surface area (Å²) in [5.41, 5.74) is 5.46. The molecule has 142 valence electrons. The molecule has 0 aliphatic heterocycles. The van der Waals surface area contributed by atoms with Gasteiger partial charge in [-0.1, -0.05) is 109 Å². The van der Waals surface area contributed by atoms with Crippen LogP contribution < -0.4 is 0 Å². The Labute approximate surface area is 176 Å². The van der Waals surface area contributed by atoms with E-state index in [0.717, 1.165) is 12.8 Å². The van der Waals surface area contributed by atoms with E-state index >= 15 is 0 Å². The minimum atomic E-state index is 0.971. The van der Waals surface area contributed by atoms with Gasteiger partial charge >= 0.3 is 0 Å². The van der Waals surface area contributed by atoms with Crippen molar-refractivity contribution in [3.8, 4) is 0 Å². The molecular formula is C30H22. The van der Waals surface area contributed by atoms with E-state index in [-0.39, 0.29) is 0 Å². The zero-order valence-corrected chi connectivity index (χ0v) is 16.8. The van der Waals surface area contributed by atoms with E-state index < -0.39 is 0 Å². The molecule has 0 unspecified atom stereocenters. The van der Waals surface area contributed by atoms with E-state index in [1.165, 1.54) is 54.6 Å². The van der Waals surface area contributed by atoms with E-state index in [1.54, 1.807) is 0 Å². The molecular weight excluding hydrogens is 360 g/mol. The highest BCUT2D eigenvalue weighted by atomic mass is 14.1. The summed E-state index contributed by atoms with van der Waals surface area (Å²) in [6.45, 7) is 0. The van der Waals surface area contributed by atoms with Crippen LogP contribution in [0.5, 0.6) is 0 Å². The Kier molecular flexibility index (Phi) is 4.02. The first-order chi connectivity index (χ1) is 14.8. The van der Waals surface area contributed by atoms with Crippen LogP contribution in [0.3, 0.4) is 0 Å². The zero-order valence-electron chi connectivity index (χ0n) is 16.8. The van der Waals surface area contributed by atoms with Crippen molar-refractivity contribution in [1.29, 1.82) is 0 Å². The Hall–Kier alpha value is -3.64. The van der Waals surface area contributed by atoms with Gasteiger partial charge in [-0.25, -0.2) is 0 Å². The van der Waals surface area contributed by atoms with Crippen molar-refractivity contribution < 1.29 is 0 Å². The van der Waals surface area contributed by atoms with Gasteiger partial charge in [0.1, 0.15) is 0 Å². The predicted octanol–water partition coefficient (Wildman–Crippen LogP) is 7.77. The molecule has 0 spiro atoms. The van der Waals surface area contributed by atoms with Crippen LogP contribution in [-0.2, 0) is 12.8 Å². The Morgan fingerprint density at radius 3 is 1.00 bits per heavy atom. The first-order valence-corrected chi connectivity index (χ1v) is 10.6. The first kappa shape index (κ1) is 17.2.